The van der Waals surface area contributed by atoms with E-state index in [4.69, 9.17) is 5.84 Å². The van der Waals surface area contributed by atoms with Gasteiger partial charge < -0.3 is 16.1 Å². The summed E-state index contributed by atoms with van der Waals surface area (Å²) in [5.41, 5.74) is 3.89. The fraction of sp³-hybridized carbons (Fsp3) is 0.448. The second-order valence-electron chi connectivity index (χ2n) is 10.7. The third-order valence-electron chi connectivity index (χ3n) is 7.97. The van der Waals surface area contributed by atoms with Crippen molar-refractivity contribution in [3.63, 3.8) is 0 Å². The molecule has 0 radical (unpaired) electrons. The molecule has 204 valence electrons. The van der Waals surface area contributed by atoms with Crippen molar-refractivity contribution >= 4 is 22.7 Å². The van der Waals surface area contributed by atoms with E-state index in [1.54, 1.807) is 0 Å². The second kappa shape index (κ2) is 11.2. The van der Waals surface area contributed by atoms with Gasteiger partial charge in [-0.15, -0.1) is 0 Å². The number of nitrogens with zero attached hydrogens (tertiary/aromatic N) is 7. The summed E-state index contributed by atoms with van der Waals surface area (Å²) in [5.74, 6) is 7.03. The van der Waals surface area contributed by atoms with Gasteiger partial charge in [-0.2, -0.15) is 9.89 Å². The molecule has 6 rings (SSSR count). The van der Waals surface area contributed by atoms with Crippen molar-refractivity contribution in [3.8, 4) is 11.3 Å². The van der Waals surface area contributed by atoms with Crippen molar-refractivity contribution < 1.29 is 4.39 Å². The molecule has 1 saturated heterocycles. The maximum absolute atomic E-state index is 14.9. The van der Waals surface area contributed by atoms with Crippen LogP contribution in [0.1, 0.15) is 56.2 Å². The van der Waals surface area contributed by atoms with Crippen LogP contribution in [-0.2, 0) is 6.54 Å². The Labute approximate surface area is 228 Å². The highest BCUT2D eigenvalue weighted by Crippen LogP contribution is 2.38. The zero-order valence-electron chi connectivity index (χ0n) is 22.5. The van der Waals surface area contributed by atoms with Crippen LogP contribution in [0.25, 0.3) is 22.2 Å². The molecule has 0 amide bonds. The molecule has 0 spiro atoms. The molecule has 2 aliphatic rings. The fourth-order valence-electron chi connectivity index (χ4n) is 5.96. The maximum Gasteiger partial charge on any atom is 0.229 e. The largest absolute Gasteiger partial charge is 0.323 e. The first-order valence-corrected chi connectivity index (χ1v) is 14.0. The van der Waals surface area contributed by atoms with Crippen molar-refractivity contribution in [1.82, 2.24) is 34.6 Å². The van der Waals surface area contributed by atoms with Gasteiger partial charge in [-0.1, -0.05) is 31.9 Å². The second-order valence-corrected chi connectivity index (χ2v) is 10.7. The molecule has 4 aromatic rings. The van der Waals surface area contributed by atoms with Gasteiger partial charge in [0.2, 0.25) is 5.95 Å². The van der Waals surface area contributed by atoms with Crippen molar-refractivity contribution in [2.24, 2.45) is 0 Å². The lowest BCUT2D eigenvalue weighted by Crippen LogP contribution is -2.45. The summed E-state index contributed by atoms with van der Waals surface area (Å²) in [6, 6.07) is 9.65. The van der Waals surface area contributed by atoms with Crippen LogP contribution in [0.15, 0.2) is 42.7 Å². The van der Waals surface area contributed by atoms with Gasteiger partial charge in [-0.25, -0.2) is 19.3 Å². The van der Waals surface area contributed by atoms with Gasteiger partial charge in [0.15, 0.2) is 5.82 Å². The van der Waals surface area contributed by atoms with Crippen molar-refractivity contribution in [3.05, 3.63) is 59.8 Å². The van der Waals surface area contributed by atoms with Gasteiger partial charge >= 0.3 is 0 Å². The molecule has 3 N–H and O–H groups in total. The first kappa shape index (κ1) is 25.6. The Bertz CT molecular complexity index is 1420. The predicted molar refractivity (Wildman–Crippen MR) is 152 cm³/mol. The van der Waals surface area contributed by atoms with Crippen LogP contribution in [-0.4, -0.2) is 67.4 Å². The van der Waals surface area contributed by atoms with E-state index in [1.165, 1.54) is 36.8 Å². The lowest BCUT2D eigenvalue weighted by molar-refractivity contribution is 0.127. The summed E-state index contributed by atoms with van der Waals surface area (Å²) in [6.45, 7) is 8.68. The summed E-state index contributed by atoms with van der Waals surface area (Å²) >= 11 is 0. The predicted octanol–water partition coefficient (Wildman–Crippen LogP) is 4.67. The topological polar surface area (TPSA) is 101 Å². The Hall–Kier alpha value is -3.63. The Morgan fingerprint density at radius 1 is 1.00 bits per heavy atom. The van der Waals surface area contributed by atoms with Crippen molar-refractivity contribution in [2.45, 2.75) is 51.5 Å². The van der Waals surface area contributed by atoms with E-state index in [0.29, 0.717) is 23.2 Å². The Morgan fingerprint density at radius 3 is 2.54 bits per heavy atom. The normalized spacial score (nSPS) is 17.3. The number of nitrogens with one attached hydrogen (secondary N) is 1. The highest BCUT2D eigenvalue weighted by Gasteiger charge is 2.24. The molecule has 0 unspecified atom stereocenters. The van der Waals surface area contributed by atoms with E-state index in [2.05, 4.69) is 48.2 Å². The van der Waals surface area contributed by atoms with Gasteiger partial charge in [0.05, 0.1) is 17.4 Å². The molecule has 1 saturated carbocycles. The molecule has 2 fully saturated rings. The van der Waals surface area contributed by atoms with Gasteiger partial charge in [0.1, 0.15) is 11.5 Å². The molecule has 9 nitrogen and oxygen atoms in total. The van der Waals surface area contributed by atoms with E-state index >= 15 is 0 Å². The van der Waals surface area contributed by atoms with Gasteiger partial charge in [0.25, 0.3) is 0 Å². The highest BCUT2D eigenvalue weighted by atomic mass is 19.1. The summed E-state index contributed by atoms with van der Waals surface area (Å²) in [5, 5.41) is 8.57. The average molecular weight is 530 g/mol. The van der Waals surface area contributed by atoms with Crippen LogP contribution >= 0.6 is 0 Å². The SMILES string of the molecule is CCCN1CCN(Cc2ccc(Nc3ncc(F)c(-c4ccc5nn(N)c(C6CCCC6)c5c4)n3)nc2)CC1. The molecule has 3 aromatic heterocycles. The summed E-state index contributed by atoms with van der Waals surface area (Å²) in [4.78, 5) is 19.7. The summed E-state index contributed by atoms with van der Waals surface area (Å²) < 4.78 is 14.9. The lowest BCUT2D eigenvalue weighted by Gasteiger charge is -2.34. The number of rotatable bonds is 8. The third-order valence-corrected chi connectivity index (χ3v) is 7.97. The minimum absolute atomic E-state index is 0.232. The maximum atomic E-state index is 14.9. The van der Waals surface area contributed by atoms with Crippen molar-refractivity contribution in [2.75, 3.05) is 43.9 Å². The zero-order valence-corrected chi connectivity index (χ0v) is 22.5. The Balaban J connectivity index is 1.17. The van der Waals surface area contributed by atoms with E-state index in [9.17, 15) is 4.39 Å². The third kappa shape index (κ3) is 5.58. The molecule has 10 heteroatoms. The number of benzene rings is 1. The average Bonchev–Trinajstić information content (AvgIpc) is 3.58. The number of aromatic nitrogens is 5. The molecule has 1 aromatic carbocycles. The zero-order chi connectivity index (χ0) is 26.8. The number of hydrogen-bond acceptors (Lipinski definition) is 8. The first-order valence-electron chi connectivity index (χ1n) is 14.0. The number of nitrogens with two attached hydrogens (primary N) is 1. The monoisotopic (exact) mass is 529 g/mol. The van der Waals surface area contributed by atoms with Gasteiger partial charge in [0, 0.05) is 55.8 Å². The minimum Gasteiger partial charge on any atom is -0.323 e. The molecule has 39 heavy (non-hydrogen) atoms. The fourth-order valence-corrected chi connectivity index (χ4v) is 5.96. The molecule has 1 aliphatic carbocycles. The van der Waals surface area contributed by atoms with Crippen molar-refractivity contribution in [1.29, 1.82) is 0 Å². The van der Waals surface area contributed by atoms with Crippen LogP contribution < -0.4 is 11.2 Å². The van der Waals surface area contributed by atoms with E-state index in [0.717, 1.165) is 67.7 Å². The quantitative estimate of drug-likeness (QED) is 0.318. The number of piperazine rings is 1. The highest BCUT2D eigenvalue weighted by molar-refractivity contribution is 5.87. The van der Waals surface area contributed by atoms with Crippen LogP contribution in [0.4, 0.5) is 16.2 Å². The molecule has 0 bridgehead atoms. The molecule has 1 aliphatic heterocycles. The molecular weight excluding hydrogens is 493 g/mol. The summed E-state index contributed by atoms with van der Waals surface area (Å²) in [7, 11) is 0. The van der Waals surface area contributed by atoms with E-state index in [1.807, 2.05) is 30.5 Å². The Kier molecular flexibility index (Phi) is 7.38. The standard InChI is InChI=1S/C29H36FN9/c1-2-11-37-12-14-38(15-13-37)19-20-7-10-26(32-17-20)34-29-33-18-24(30)27(35-29)22-8-9-25-23(16-22)28(39(31)36-25)21-5-3-4-6-21/h7-10,16-18,21H,2-6,11-15,19,31H2,1H3,(H,32,33,34,35). The smallest absolute Gasteiger partial charge is 0.229 e. The number of halogens is 1. The number of nitrogen functional groups attached to an aromatic ring is 1. The molecule has 4 heterocycles. The molecular formula is C29H36FN9. The van der Waals surface area contributed by atoms with Crippen LogP contribution in [0.3, 0.4) is 0 Å². The lowest BCUT2D eigenvalue weighted by atomic mass is 9.98. The first-order chi connectivity index (χ1) is 19.1. The van der Waals surface area contributed by atoms with E-state index < -0.39 is 5.82 Å². The summed E-state index contributed by atoms with van der Waals surface area (Å²) in [6.07, 6.45) is 8.86. The van der Waals surface area contributed by atoms with E-state index in [-0.39, 0.29) is 5.69 Å². The number of fused-ring (bicyclic) bond motifs is 1. The number of hydrogen-bond donors (Lipinski definition) is 2. The molecule has 0 atom stereocenters. The van der Waals surface area contributed by atoms with Gasteiger partial charge in [-0.3, -0.25) is 4.90 Å². The van der Waals surface area contributed by atoms with Gasteiger partial charge in [-0.05, 0) is 49.6 Å². The van der Waals surface area contributed by atoms with Crippen LogP contribution in [0.5, 0.6) is 0 Å². The van der Waals surface area contributed by atoms with Crippen LogP contribution in [0, 0.1) is 5.82 Å². The number of anilines is 2. The Morgan fingerprint density at radius 2 is 1.79 bits per heavy atom. The van der Waals surface area contributed by atoms with Crippen LogP contribution in [0.2, 0.25) is 0 Å². The number of pyridine rings is 1. The minimum atomic E-state index is -0.482.